The van der Waals surface area contributed by atoms with E-state index in [0.717, 1.165) is 22.5 Å². The van der Waals surface area contributed by atoms with E-state index < -0.39 is 0 Å². The van der Waals surface area contributed by atoms with E-state index in [1.807, 2.05) is 44.2 Å². The third kappa shape index (κ3) is 4.39. The molecule has 0 aliphatic carbocycles. The molecule has 0 unspecified atom stereocenters. The lowest BCUT2D eigenvalue weighted by Gasteiger charge is -2.12. The van der Waals surface area contributed by atoms with Gasteiger partial charge in [-0.15, -0.1) is 0 Å². The van der Waals surface area contributed by atoms with Gasteiger partial charge in [0.1, 0.15) is 5.82 Å². The summed E-state index contributed by atoms with van der Waals surface area (Å²) < 4.78 is 0. The second-order valence-corrected chi connectivity index (χ2v) is 6.41. The topological polar surface area (TPSA) is 71.1 Å². The largest absolute Gasteiger partial charge is 0.340 e. The normalized spacial score (nSPS) is 10.3. The number of nitrogens with one attached hydrogen (secondary N) is 2. The van der Waals surface area contributed by atoms with Crippen molar-refractivity contribution in [1.82, 2.24) is 4.98 Å². The van der Waals surface area contributed by atoms with Crippen molar-refractivity contribution in [3.8, 4) is 0 Å². The van der Waals surface area contributed by atoms with Gasteiger partial charge in [-0.05, 0) is 68.3 Å². The van der Waals surface area contributed by atoms with Crippen LogP contribution in [0.4, 0.5) is 17.2 Å². The SMILES string of the molecule is CC(=O)c1ccc(Nc2cc(C(=O)Nc3c(C)cccc3C)ccn2)cc1. The number of amides is 1. The van der Waals surface area contributed by atoms with Crippen molar-refractivity contribution in [3.05, 3.63) is 83.0 Å². The monoisotopic (exact) mass is 359 g/mol. The summed E-state index contributed by atoms with van der Waals surface area (Å²) in [6.45, 7) is 5.46. The molecule has 3 rings (SSSR count). The molecule has 1 aromatic heterocycles. The Morgan fingerprint density at radius 2 is 1.56 bits per heavy atom. The molecule has 2 N–H and O–H groups in total. The van der Waals surface area contributed by atoms with Crippen molar-refractivity contribution >= 4 is 28.9 Å². The first-order valence-corrected chi connectivity index (χ1v) is 8.65. The van der Waals surface area contributed by atoms with Crippen LogP contribution in [0.2, 0.25) is 0 Å². The van der Waals surface area contributed by atoms with Crippen molar-refractivity contribution in [2.24, 2.45) is 0 Å². The quantitative estimate of drug-likeness (QED) is 0.636. The molecule has 27 heavy (non-hydrogen) atoms. The Balaban J connectivity index is 1.76. The molecule has 3 aromatic rings. The number of benzene rings is 2. The molecule has 0 aliphatic rings. The van der Waals surface area contributed by atoms with Crippen molar-refractivity contribution in [3.63, 3.8) is 0 Å². The van der Waals surface area contributed by atoms with E-state index in [4.69, 9.17) is 0 Å². The number of para-hydroxylation sites is 1. The van der Waals surface area contributed by atoms with Crippen LogP contribution in [0.5, 0.6) is 0 Å². The molecular weight excluding hydrogens is 338 g/mol. The maximum atomic E-state index is 12.6. The lowest BCUT2D eigenvalue weighted by atomic mass is 10.1. The van der Waals surface area contributed by atoms with Crippen LogP contribution in [-0.4, -0.2) is 16.7 Å². The molecule has 0 bridgehead atoms. The first-order chi connectivity index (χ1) is 12.9. The van der Waals surface area contributed by atoms with Gasteiger partial charge >= 0.3 is 0 Å². The second-order valence-electron chi connectivity index (χ2n) is 6.41. The minimum Gasteiger partial charge on any atom is -0.340 e. The highest BCUT2D eigenvalue weighted by atomic mass is 16.1. The van der Waals surface area contributed by atoms with E-state index in [2.05, 4.69) is 15.6 Å². The van der Waals surface area contributed by atoms with E-state index in [0.29, 0.717) is 16.9 Å². The van der Waals surface area contributed by atoms with Gasteiger partial charge in [-0.3, -0.25) is 9.59 Å². The highest BCUT2D eigenvalue weighted by molar-refractivity contribution is 6.05. The van der Waals surface area contributed by atoms with Crippen LogP contribution in [-0.2, 0) is 0 Å². The zero-order chi connectivity index (χ0) is 19.4. The maximum Gasteiger partial charge on any atom is 0.255 e. The third-order valence-corrected chi connectivity index (χ3v) is 4.31. The van der Waals surface area contributed by atoms with Crippen molar-refractivity contribution in [1.29, 1.82) is 0 Å². The molecule has 0 saturated carbocycles. The number of carbonyl (C=O) groups excluding carboxylic acids is 2. The molecule has 0 fully saturated rings. The summed E-state index contributed by atoms with van der Waals surface area (Å²) in [4.78, 5) is 28.3. The summed E-state index contributed by atoms with van der Waals surface area (Å²) >= 11 is 0. The molecule has 0 radical (unpaired) electrons. The number of nitrogens with zero attached hydrogens (tertiary/aromatic N) is 1. The highest BCUT2D eigenvalue weighted by Gasteiger charge is 2.11. The number of ketones is 1. The Morgan fingerprint density at radius 1 is 0.889 bits per heavy atom. The fourth-order valence-electron chi connectivity index (χ4n) is 2.77. The smallest absolute Gasteiger partial charge is 0.255 e. The Labute approximate surface area is 158 Å². The number of anilines is 3. The number of pyridine rings is 1. The first kappa shape index (κ1) is 18.3. The molecule has 0 atom stereocenters. The number of Topliss-reactive ketones (excluding diaryl/α,β-unsaturated/α-hetero) is 1. The van der Waals surface area contributed by atoms with Crippen molar-refractivity contribution in [2.45, 2.75) is 20.8 Å². The average Bonchev–Trinajstić information content (AvgIpc) is 2.65. The molecule has 1 heterocycles. The predicted octanol–water partition coefficient (Wildman–Crippen LogP) is 4.90. The summed E-state index contributed by atoms with van der Waals surface area (Å²) in [6, 6.07) is 16.4. The van der Waals surface area contributed by atoms with E-state index in [1.165, 1.54) is 6.92 Å². The zero-order valence-corrected chi connectivity index (χ0v) is 15.5. The van der Waals surface area contributed by atoms with Gasteiger partial charge in [-0.25, -0.2) is 4.98 Å². The number of aryl methyl sites for hydroxylation is 2. The van der Waals surface area contributed by atoms with Gasteiger partial charge in [0, 0.05) is 28.7 Å². The average molecular weight is 359 g/mol. The van der Waals surface area contributed by atoms with E-state index in [9.17, 15) is 9.59 Å². The van der Waals surface area contributed by atoms with E-state index in [-0.39, 0.29) is 11.7 Å². The molecule has 0 saturated heterocycles. The second kappa shape index (κ2) is 7.83. The van der Waals surface area contributed by atoms with Crippen LogP contribution in [0.1, 0.15) is 38.8 Å². The van der Waals surface area contributed by atoms with E-state index >= 15 is 0 Å². The predicted molar refractivity (Wildman–Crippen MR) is 108 cm³/mol. The number of hydrogen-bond donors (Lipinski definition) is 2. The van der Waals surface area contributed by atoms with Gasteiger partial charge in [-0.1, -0.05) is 18.2 Å². The van der Waals surface area contributed by atoms with Gasteiger partial charge in [-0.2, -0.15) is 0 Å². The van der Waals surface area contributed by atoms with Crippen LogP contribution in [0.25, 0.3) is 0 Å². The maximum absolute atomic E-state index is 12.6. The van der Waals surface area contributed by atoms with Crippen molar-refractivity contribution < 1.29 is 9.59 Å². The summed E-state index contributed by atoms with van der Waals surface area (Å²) in [5.74, 6) is 0.384. The number of aromatic nitrogens is 1. The van der Waals surface area contributed by atoms with E-state index in [1.54, 1.807) is 30.5 Å². The van der Waals surface area contributed by atoms with Crippen molar-refractivity contribution in [2.75, 3.05) is 10.6 Å². The van der Waals surface area contributed by atoms with Crippen LogP contribution in [0, 0.1) is 13.8 Å². The Hall–Kier alpha value is -3.47. The van der Waals surface area contributed by atoms with Gasteiger partial charge in [0.2, 0.25) is 0 Å². The van der Waals surface area contributed by atoms with Gasteiger partial charge in [0.05, 0.1) is 0 Å². The lowest BCUT2D eigenvalue weighted by molar-refractivity contribution is 0.101. The minimum atomic E-state index is -0.190. The molecule has 5 heteroatoms. The molecular formula is C22H21N3O2. The van der Waals surface area contributed by atoms with Gasteiger partial charge < -0.3 is 10.6 Å². The molecule has 136 valence electrons. The number of carbonyl (C=O) groups is 2. The number of hydrogen-bond acceptors (Lipinski definition) is 4. The summed E-state index contributed by atoms with van der Waals surface area (Å²) in [7, 11) is 0. The Bertz CT molecular complexity index is 974. The summed E-state index contributed by atoms with van der Waals surface area (Å²) in [5.41, 5.74) is 4.81. The standard InChI is InChI=1S/C22H21N3O2/c1-14-5-4-6-15(2)21(14)25-22(27)18-11-12-23-20(13-18)24-19-9-7-17(8-10-19)16(3)26/h4-13H,1-3H3,(H,23,24)(H,25,27). The van der Waals surface area contributed by atoms with Crippen LogP contribution in [0.3, 0.4) is 0 Å². The molecule has 2 aromatic carbocycles. The van der Waals surface area contributed by atoms with Crippen LogP contribution < -0.4 is 10.6 Å². The molecule has 5 nitrogen and oxygen atoms in total. The molecule has 0 aliphatic heterocycles. The van der Waals surface area contributed by atoms with Crippen LogP contribution >= 0.6 is 0 Å². The summed E-state index contributed by atoms with van der Waals surface area (Å²) in [5, 5.41) is 6.12. The first-order valence-electron chi connectivity index (χ1n) is 8.65. The number of rotatable bonds is 5. The van der Waals surface area contributed by atoms with Gasteiger partial charge in [0.15, 0.2) is 5.78 Å². The zero-order valence-electron chi connectivity index (χ0n) is 15.5. The molecule has 0 spiro atoms. The summed E-state index contributed by atoms with van der Waals surface area (Å²) in [6.07, 6.45) is 1.59. The minimum absolute atomic E-state index is 0.0184. The Morgan fingerprint density at radius 3 is 2.19 bits per heavy atom. The van der Waals surface area contributed by atoms with Gasteiger partial charge in [0.25, 0.3) is 5.91 Å². The third-order valence-electron chi connectivity index (χ3n) is 4.31. The fourth-order valence-corrected chi connectivity index (χ4v) is 2.77. The highest BCUT2D eigenvalue weighted by Crippen LogP contribution is 2.21. The lowest BCUT2D eigenvalue weighted by Crippen LogP contribution is -2.14. The fraction of sp³-hybridized carbons (Fsp3) is 0.136. The Kier molecular flexibility index (Phi) is 5.31. The molecule has 1 amide bonds. The van der Waals surface area contributed by atoms with Crippen LogP contribution in [0.15, 0.2) is 60.8 Å².